The SMILES string of the molecule is CC(C)(C)c1c(-c2cccc(N(c3ccccc3-c3ccccc3)c3ccccc3-c3ccccc3)c2)oc2ccccc12. The lowest BCUT2D eigenvalue weighted by Gasteiger charge is -2.30. The summed E-state index contributed by atoms with van der Waals surface area (Å²) in [4.78, 5) is 2.40. The van der Waals surface area contributed by atoms with Gasteiger partial charge in [0.2, 0.25) is 0 Å². The molecule has 6 aromatic carbocycles. The zero-order chi connectivity index (χ0) is 30.1. The average molecular weight is 570 g/mol. The molecule has 7 rings (SSSR count). The topological polar surface area (TPSA) is 16.4 Å². The van der Waals surface area contributed by atoms with Crippen LogP contribution in [0.3, 0.4) is 0 Å². The van der Waals surface area contributed by atoms with Crippen LogP contribution in [0, 0.1) is 0 Å². The van der Waals surface area contributed by atoms with Crippen molar-refractivity contribution in [3.63, 3.8) is 0 Å². The molecular formula is C42H35NO. The van der Waals surface area contributed by atoms with E-state index in [0.29, 0.717) is 0 Å². The lowest BCUT2D eigenvalue weighted by molar-refractivity contribution is 0.568. The predicted octanol–water partition coefficient (Wildman–Crippen LogP) is 12.2. The summed E-state index contributed by atoms with van der Waals surface area (Å²) in [5, 5.41) is 1.17. The first-order chi connectivity index (χ1) is 21.5. The molecule has 0 unspecified atom stereocenters. The maximum Gasteiger partial charge on any atom is 0.139 e. The molecule has 0 saturated carbocycles. The number of anilines is 3. The number of nitrogens with zero attached hydrogens (tertiary/aromatic N) is 1. The van der Waals surface area contributed by atoms with Gasteiger partial charge in [-0.2, -0.15) is 0 Å². The monoisotopic (exact) mass is 569 g/mol. The third kappa shape index (κ3) is 5.09. The third-order valence-corrected chi connectivity index (χ3v) is 8.17. The number of benzene rings is 6. The van der Waals surface area contributed by atoms with Crippen LogP contribution in [0.2, 0.25) is 0 Å². The fraction of sp³-hybridized carbons (Fsp3) is 0.0952. The van der Waals surface area contributed by atoms with Gasteiger partial charge < -0.3 is 9.32 Å². The van der Waals surface area contributed by atoms with Crippen molar-refractivity contribution in [3.05, 3.63) is 163 Å². The van der Waals surface area contributed by atoms with Gasteiger partial charge in [-0.1, -0.05) is 148 Å². The van der Waals surface area contributed by atoms with Crippen LogP contribution in [-0.4, -0.2) is 0 Å². The summed E-state index contributed by atoms with van der Waals surface area (Å²) in [7, 11) is 0. The zero-order valence-corrected chi connectivity index (χ0v) is 25.4. The van der Waals surface area contributed by atoms with Crippen LogP contribution in [0.1, 0.15) is 26.3 Å². The molecule has 0 N–H and O–H groups in total. The Labute approximate surface area is 259 Å². The van der Waals surface area contributed by atoms with Gasteiger partial charge in [0.15, 0.2) is 0 Å². The minimum absolute atomic E-state index is 0.0998. The second-order valence-electron chi connectivity index (χ2n) is 12.2. The Morgan fingerprint density at radius 3 is 1.57 bits per heavy atom. The van der Waals surface area contributed by atoms with Crippen molar-refractivity contribution in [2.75, 3.05) is 4.90 Å². The molecule has 0 bridgehead atoms. The fourth-order valence-electron chi connectivity index (χ4n) is 6.25. The minimum atomic E-state index is -0.0998. The maximum absolute atomic E-state index is 6.63. The van der Waals surface area contributed by atoms with Gasteiger partial charge in [-0.25, -0.2) is 0 Å². The Balaban J connectivity index is 1.49. The third-order valence-electron chi connectivity index (χ3n) is 8.17. The molecule has 0 atom stereocenters. The van der Waals surface area contributed by atoms with Gasteiger partial charge in [0.25, 0.3) is 0 Å². The molecule has 0 radical (unpaired) electrons. The standard InChI is InChI=1S/C42H35NO/c1-42(2,3)40-36-25-12-15-28-39(36)44-41(40)32-21-16-22-33(29-32)43(37-26-13-10-23-34(37)30-17-6-4-7-18-30)38-27-14-11-24-35(38)31-19-8-5-9-20-31/h4-29H,1-3H3. The van der Waals surface area contributed by atoms with E-state index in [2.05, 4.69) is 177 Å². The molecule has 44 heavy (non-hydrogen) atoms. The molecule has 214 valence electrons. The lowest BCUT2D eigenvalue weighted by atomic mass is 9.83. The zero-order valence-electron chi connectivity index (χ0n) is 25.4. The summed E-state index contributed by atoms with van der Waals surface area (Å²) in [6.45, 7) is 6.78. The van der Waals surface area contributed by atoms with Crippen molar-refractivity contribution in [2.24, 2.45) is 0 Å². The first-order valence-electron chi connectivity index (χ1n) is 15.2. The number of fused-ring (bicyclic) bond motifs is 1. The molecule has 0 spiro atoms. The summed E-state index contributed by atoms with van der Waals surface area (Å²) in [6.07, 6.45) is 0. The molecule has 1 heterocycles. The Morgan fingerprint density at radius 2 is 0.977 bits per heavy atom. The second-order valence-corrected chi connectivity index (χ2v) is 12.2. The molecule has 0 saturated heterocycles. The quantitative estimate of drug-likeness (QED) is 0.198. The Hall–Kier alpha value is -5.34. The van der Waals surface area contributed by atoms with E-state index in [4.69, 9.17) is 4.42 Å². The molecule has 0 aliphatic heterocycles. The molecule has 0 aliphatic carbocycles. The molecule has 0 aliphatic rings. The highest BCUT2D eigenvalue weighted by atomic mass is 16.3. The number of hydrogen-bond donors (Lipinski definition) is 0. The van der Waals surface area contributed by atoms with Crippen molar-refractivity contribution in [1.29, 1.82) is 0 Å². The van der Waals surface area contributed by atoms with Crippen molar-refractivity contribution < 1.29 is 4.42 Å². The molecule has 7 aromatic rings. The second kappa shape index (κ2) is 11.4. The maximum atomic E-state index is 6.63. The van der Waals surface area contributed by atoms with Crippen LogP contribution in [0.25, 0.3) is 44.5 Å². The normalized spacial score (nSPS) is 11.5. The van der Waals surface area contributed by atoms with E-state index in [1.54, 1.807) is 0 Å². The van der Waals surface area contributed by atoms with Crippen molar-refractivity contribution in [3.8, 4) is 33.6 Å². The lowest BCUT2D eigenvalue weighted by Crippen LogP contribution is -2.13. The van der Waals surface area contributed by atoms with Crippen LogP contribution in [-0.2, 0) is 5.41 Å². The summed E-state index contributed by atoms with van der Waals surface area (Å²) in [5.74, 6) is 0.924. The van der Waals surface area contributed by atoms with Gasteiger partial charge in [-0.05, 0) is 46.9 Å². The van der Waals surface area contributed by atoms with Gasteiger partial charge in [0, 0.05) is 33.3 Å². The molecule has 1 aromatic heterocycles. The van der Waals surface area contributed by atoms with E-state index < -0.39 is 0 Å². The van der Waals surface area contributed by atoms with Gasteiger partial charge in [-0.3, -0.25) is 0 Å². The molecule has 2 nitrogen and oxygen atoms in total. The van der Waals surface area contributed by atoms with Crippen molar-refractivity contribution >= 4 is 28.0 Å². The molecular weight excluding hydrogens is 534 g/mol. The van der Waals surface area contributed by atoms with Gasteiger partial charge in [0.05, 0.1) is 11.4 Å². The first kappa shape index (κ1) is 27.5. The summed E-state index contributed by atoms with van der Waals surface area (Å²) in [6, 6.07) is 55.8. The Kier molecular flexibility index (Phi) is 7.12. The number of furan rings is 1. The van der Waals surface area contributed by atoms with Crippen molar-refractivity contribution in [1.82, 2.24) is 0 Å². The minimum Gasteiger partial charge on any atom is -0.456 e. The van der Waals surface area contributed by atoms with Gasteiger partial charge >= 0.3 is 0 Å². The van der Waals surface area contributed by atoms with Crippen LogP contribution in [0.5, 0.6) is 0 Å². The van der Waals surface area contributed by atoms with E-state index in [1.165, 1.54) is 33.2 Å². The molecule has 2 heteroatoms. The van der Waals surface area contributed by atoms with E-state index in [-0.39, 0.29) is 5.41 Å². The molecule has 0 amide bonds. The first-order valence-corrected chi connectivity index (χ1v) is 15.2. The van der Waals surface area contributed by atoms with E-state index in [9.17, 15) is 0 Å². The predicted molar refractivity (Wildman–Crippen MR) is 186 cm³/mol. The number of para-hydroxylation sites is 3. The van der Waals surface area contributed by atoms with Gasteiger partial charge in [0.1, 0.15) is 11.3 Å². The Bertz CT molecular complexity index is 1960. The Morgan fingerprint density at radius 1 is 0.477 bits per heavy atom. The smallest absolute Gasteiger partial charge is 0.139 e. The highest BCUT2D eigenvalue weighted by Crippen LogP contribution is 2.47. The summed E-state index contributed by atoms with van der Waals surface area (Å²) in [5.41, 5.74) is 11.1. The highest BCUT2D eigenvalue weighted by molar-refractivity contribution is 5.95. The van der Waals surface area contributed by atoms with Crippen LogP contribution in [0.4, 0.5) is 17.1 Å². The highest BCUT2D eigenvalue weighted by Gasteiger charge is 2.27. The summed E-state index contributed by atoms with van der Waals surface area (Å²) < 4.78 is 6.63. The fourth-order valence-corrected chi connectivity index (χ4v) is 6.25. The van der Waals surface area contributed by atoms with E-state index >= 15 is 0 Å². The summed E-state index contributed by atoms with van der Waals surface area (Å²) >= 11 is 0. The average Bonchev–Trinajstić information content (AvgIpc) is 3.47. The van der Waals surface area contributed by atoms with Crippen LogP contribution >= 0.6 is 0 Å². The van der Waals surface area contributed by atoms with Crippen LogP contribution < -0.4 is 4.90 Å². The van der Waals surface area contributed by atoms with Crippen LogP contribution in [0.15, 0.2) is 162 Å². The van der Waals surface area contributed by atoms with E-state index in [1.807, 2.05) is 6.07 Å². The number of rotatable bonds is 6. The van der Waals surface area contributed by atoms with E-state index in [0.717, 1.165) is 34.0 Å². The largest absolute Gasteiger partial charge is 0.456 e. The number of hydrogen-bond acceptors (Lipinski definition) is 2. The van der Waals surface area contributed by atoms with Gasteiger partial charge in [-0.15, -0.1) is 0 Å². The molecule has 0 fully saturated rings. The van der Waals surface area contributed by atoms with Crippen molar-refractivity contribution in [2.45, 2.75) is 26.2 Å².